The van der Waals surface area contributed by atoms with E-state index in [2.05, 4.69) is 0 Å². The molecule has 70 valence electrons. The zero-order valence-corrected chi connectivity index (χ0v) is 7.73. The van der Waals surface area contributed by atoms with Gasteiger partial charge in [-0.3, -0.25) is 10.1 Å². The molecule has 0 spiro atoms. The molecule has 0 N–H and O–H groups in total. The van der Waals surface area contributed by atoms with Gasteiger partial charge in [0.1, 0.15) is 0 Å². The summed E-state index contributed by atoms with van der Waals surface area (Å²) in [7, 11) is 1.86. The van der Waals surface area contributed by atoms with Crippen LogP contribution < -0.4 is 0 Å². The normalized spacial score (nSPS) is 11.7. The SMILES string of the molecule is CC/C(=C/c1cccn1C)[N+](=O)[O-]. The highest BCUT2D eigenvalue weighted by Crippen LogP contribution is 2.09. The van der Waals surface area contributed by atoms with E-state index in [4.69, 9.17) is 0 Å². The molecule has 0 aromatic carbocycles. The van der Waals surface area contributed by atoms with Crippen LogP contribution in [0.1, 0.15) is 19.0 Å². The van der Waals surface area contributed by atoms with Crippen molar-refractivity contribution in [2.45, 2.75) is 13.3 Å². The van der Waals surface area contributed by atoms with E-state index in [9.17, 15) is 10.1 Å². The summed E-state index contributed by atoms with van der Waals surface area (Å²) in [4.78, 5) is 10.2. The van der Waals surface area contributed by atoms with Gasteiger partial charge in [-0.15, -0.1) is 0 Å². The topological polar surface area (TPSA) is 48.1 Å². The summed E-state index contributed by atoms with van der Waals surface area (Å²) in [5.74, 6) is 0. The summed E-state index contributed by atoms with van der Waals surface area (Å²) in [6.07, 6.45) is 3.90. The van der Waals surface area contributed by atoms with Crippen molar-refractivity contribution in [2.75, 3.05) is 0 Å². The van der Waals surface area contributed by atoms with Crippen LogP contribution in [-0.2, 0) is 7.05 Å². The third-order valence-electron chi connectivity index (χ3n) is 1.90. The molecule has 1 heterocycles. The van der Waals surface area contributed by atoms with E-state index in [0.29, 0.717) is 6.42 Å². The van der Waals surface area contributed by atoms with Crippen LogP contribution in [0.5, 0.6) is 0 Å². The van der Waals surface area contributed by atoms with Crippen molar-refractivity contribution in [1.29, 1.82) is 0 Å². The van der Waals surface area contributed by atoms with Gasteiger partial charge in [0.15, 0.2) is 0 Å². The monoisotopic (exact) mass is 180 g/mol. The van der Waals surface area contributed by atoms with Gasteiger partial charge in [-0.2, -0.15) is 0 Å². The van der Waals surface area contributed by atoms with Crippen molar-refractivity contribution in [3.63, 3.8) is 0 Å². The van der Waals surface area contributed by atoms with E-state index < -0.39 is 0 Å². The molecule has 0 amide bonds. The Hall–Kier alpha value is -1.58. The Morgan fingerprint density at radius 2 is 2.46 bits per heavy atom. The van der Waals surface area contributed by atoms with Gasteiger partial charge in [0.2, 0.25) is 5.70 Å². The first-order chi connectivity index (χ1) is 6.15. The second kappa shape index (κ2) is 3.89. The predicted molar refractivity (Wildman–Crippen MR) is 50.7 cm³/mol. The van der Waals surface area contributed by atoms with E-state index in [0.717, 1.165) is 5.69 Å². The maximum absolute atomic E-state index is 10.5. The van der Waals surface area contributed by atoms with Crippen LogP contribution in [0.2, 0.25) is 0 Å². The lowest BCUT2D eigenvalue weighted by atomic mass is 10.3. The molecular formula is C9H12N2O2. The molecule has 1 aromatic rings. The molecule has 0 atom stereocenters. The standard InChI is InChI=1S/C9H12N2O2/c1-3-8(11(12)13)7-9-5-4-6-10(9)2/h4-7H,3H2,1-2H3/b8-7-. The van der Waals surface area contributed by atoms with Crippen molar-refractivity contribution < 1.29 is 4.92 Å². The molecule has 0 bridgehead atoms. The van der Waals surface area contributed by atoms with Crippen molar-refractivity contribution in [2.24, 2.45) is 7.05 Å². The van der Waals surface area contributed by atoms with E-state index in [-0.39, 0.29) is 10.6 Å². The zero-order valence-electron chi connectivity index (χ0n) is 7.73. The number of aromatic nitrogens is 1. The summed E-state index contributed by atoms with van der Waals surface area (Å²) in [6, 6.07) is 3.71. The Morgan fingerprint density at radius 1 is 1.77 bits per heavy atom. The number of rotatable bonds is 3. The number of nitro groups is 1. The highest BCUT2D eigenvalue weighted by atomic mass is 16.6. The number of aryl methyl sites for hydroxylation is 1. The molecule has 0 radical (unpaired) electrons. The first-order valence-corrected chi connectivity index (χ1v) is 4.11. The van der Waals surface area contributed by atoms with Crippen molar-refractivity contribution in [3.8, 4) is 0 Å². The lowest BCUT2D eigenvalue weighted by Crippen LogP contribution is -1.98. The minimum Gasteiger partial charge on any atom is -0.351 e. The lowest BCUT2D eigenvalue weighted by Gasteiger charge is -1.96. The third kappa shape index (κ3) is 2.18. The zero-order chi connectivity index (χ0) is 9.84. The van der Waals surface area contributed by atoms with E-state index in [1.807, 2.05) is 29.9 Å². The van der Waals surface area contributed by atoms with Crippen LogP contribution in [0.25, 0.3) is 6.08 Å². The van der Waals surface area contributed by atoms with Crippen LogP contribution in [-0.4, -0.2) is 9.49 Å². The van der Waals surface area contributed by atoms with Gasteiger partial charge in [0, 0.05) is 31.4 Å². The summed E-state index contributed by atoms with van der Waals surface area (Å²) >= 11 is 0. The van der Waals surface area contributed by atoms with Crippen LogP contribution >= 0.6 is 0 Å². The second-order valence-corrected chi connectivity index (χ2v) is 2.79. The Bertz CT molecular complexity index is 339. The highest BCUT2D eigenvalue weighted by molar-refractivity contribution is 5.47. The van der Waals surface area contributed by atoms with Gasteiger partial charge >= 0.3 is 0 Å². The predicted octanol–water partition coefficient (Wildman–Crippen LogP) is 2.05. The highest BCUT2D eigenvalue weighted by Gasteiger charge is 2.07. The maximum atomic E-state index is 10.5. The minimum atomic E-state index is -0.340. The molecule has 4 nitrogen and oxygen atoms in total. The average Bonchev–Trinajstić information content (AvgIpc) is 2.46. The Labute approximate surface area is 76.6 Å². The lowest BCUT2D eigenvalue weighted by molar-refractivity contribution is -0.425. The first kappa shape index (κ1) is 9.51. The molecular weight excluding hydrogens is 168 g/mol. The first-order valence-electron chi connectivity index (χ1n) is 4.11. The summed E-state index contributed by atoms with van der Waals surface area (Å²) in [5.41, 5.74) is 1.09. The summed E-state index contributed by atoms with van der Waals surface area (Å²) in [5, 5.41) is 10.5. The van der Waals surface area contributed by atoms with Gasteiger partial charge in [-0.25, -0.2) is 0 Å². The molecule has 0 saturated carbocycles. The quantitative estimate of drug-likeness (QED) is 0.528. The van der Waals surface area contributed by atoms with Crippen molar-refractivity contribution >= 4 is 6.08 Å². The molecule has 0 aliphatic carbocycles. The van der Waals surface area contributed by atoms with Gasteiger partial charge in [-0.1, -0.05) is 6.92 Å². The van der Waals surface area contributed by atoms with Crippen molar-refractivity contribution in [1.82, 2.24) is 4.57 Å². The Morgan fingerprint density at radius 3 is 2.85 bits per heavy atom. The smallest absolute Gasteiger partial charge is 0.248 e. The third-order valence-corrected chi connectivity index (χ3v) is 1.90. The Balaban J connectivity index is 2.98. The molecule has 13 heavy (non-hydrogen) atoms. The molecule has 0 saturated heterocycles. The molecule has 1 aromatic heterocycles. The van der Waals surface area contributed by atoms with Gasteiger partial charge in [-0.05, 0) is 12.1 Å². The molecule has 0 aliphatic heterocycles. The van der Waals surface area contributed by atoms with Crippen LogP contribution in [0, 0.1) is 10.1 Å². The largest absolute Gasteiger partial charge is 0.351 e. The van der Waals surface area contributed by atoms with Crippen molar-refractivity contribution in [3.05, 3.63) is 39.8 Å². The number of hydrogen-bond donors (Lipinski definition) is 0. The molecule has 1 rings (SSSR count). The molecule has 4 heteroatoms. The average molecular weight is 180 g/mol. The number of allylic oxidation sites excluding steroid dienone is 1. The number of hydrogen-bond acceptors (Lipinski definition) is 2. The maximum Gasteiger partial charge on any atom is 0.248 e. The van der Waals surface area contributed by atoms with Crippen LogP contribution in [0.15, 0.2) is 24.0 Å². The fourth-order valence-electron chi connectivity index (χ4n) is 1.08. The van der Waals surface area contributed by atoms with E-state index in [1.54, 1.807) is 13.0 Å². The van der Waals surface area contributed by atoms with Gasteiger partial charge < -0.3 is 4.57 Å². The van der Waals surface area contributed by atoms with Gasteiger partial charge in [0.05, 0.1) is 4.92 Å². The molecule has 0 aliphatic rings. The fraction of sp³-hybridized carbons (Fsp3) is 0.333. The van der Waals surface area contributed by atoms with E-state index in [1.165, 1.54) is 0 Å². The Kier molecular flexibility index (Phi) is 2.84. The fourth-order valence-corrected chi connectivity index (χ4v) is 1.08. The molecule has 0 unspecified atom stereocenters. The summed E-state index contributed by atoms with van der Waals surface area (Å²) < 4.78 is 1.85. The van der Waals surface area contributed by atoms with E-state index >= 15 is 0 Å². The minimum absolute atomic E-state index is 0.238. The van der Waals surface area contributed by atoms with Gasteiger partial charge in [0.25, 0.3) is 0 Å². The number of nitrogens with zero attached hydrogens (tertiary/aromatic N) is 2. The molecule has 0 fully saturated rings. The summed E-state index contributed by atoms with van der Waals surface area (Å²) in [6.45, 7) is 1.78. The van der Waals surface area contributed by atoms with Crippen LogP contribution in [0.3, 0.4) is 0 Å². The second-order valence-electron chi connectivity index (χ2n) is 2.79. The van der Waals surface area contributed by atoms with Crippen LogP contribution in [0.4, 0.5) is 0 Å².